The van der Waals surface area contributed by atoms with Crippen molar-refractivity contribution in [3.63, 3.8) is 0 Å². The second kappa shape index (κ2) is 12.0. The monoisotopic (exact) mass is 616 g/mol. The number of aromatic carboxylic acids is 1. The van der Waals surface area contributed by atoms with Gasteiger partial charge in [-0.3, -0.25) is 9.69 Å². The third kappa shape index (κ3) is 5.76. The Morgan fingerprint density at radius 3 is 2.55 bits per heavy atom. The lowest BCUT2D eigenvalue weighted by Crippen LogP contribution is -2.28. The minimum atomic E-state index is -1.00. The van der Waals surface area contributed by atoms with E-state index in [9.17, 15) is 9.59 Å². The van der Waals surface area contributed by atoms with E-state index in [0.29, 0.717) is 44.9 Å². The van der Waals surface area contributed by atoms with E-state index in [1.165, 1.54) is 23.9 Å². The van der Waals surface area contributed by atoms with Gasteiger partial charge in [0, 0.05) is 6.54 Å². The lowest BCUT2D eigenvalue weighted by molar-refractivity contribution is -0.122. The van der Waals surface area contributed by atoms with Gasteiger partial charge in [0.05, 0.1) is 27.7 Å². The van der Waals surface area contributed by atoms with Gasteiger partial charge >= 0.3 is 5.97 Å². The van der Waals surface area contributed by atoms with Crippen LogP contribution in [0.4, 0.5) is 5.69 Å². The van der Waals surface area contributed by atoms with Gasteiger partial charge in [-0.1, -0.05) is 42.5 Å². The number of fused-ring (bicyclic) bond motifs is 1. The molecule has 9 heteroatoms. The van der Waals surface area contributed by atoms with Crippen LogP contribution in [0.2, 0.25) is 0 Å². The number of amides is 1. The first-order valence-electron chi connectivity index (χ1n) is 12.5. The van der Waals surface area contributed by atoms with Gasteiger partial charge in [0.2, 0.25) is 0 Å². The lowest BCUT2D eigenvalue weighted by atomic mass is 10.1. The predicted molar refractivity (Wildman–Crippen MR) is 162 cm³/mol. The number of halogens is 1. The number of thioether (sulfide) groups is 1. The minimum Gasteiger partial charge on any atom is -0.493 e. The van der Waals surface area contributed by atoms with E-state index in [4.69, 9.17) is 14.6 Å². The van der Waals surface area contributed by atoms with Crippen molar-refractivity contribution in [1.82, 2.24) is 4.90 Å². The maximum Gasteiger partial charge on any atom is 0.335 e. The number of carboxylic acids is 1. The van der Waals surface area contributed by atoms with Crippen molar-refractivity contribution >= 4 is 67.3 Å². The molecular weight excluding hydrogens is 592 g/mol. The van der Waals surface area contributed by atoms with Gasteiger partial charge in [-0.15, -0.1) is 0 Å². The van der Waals surface area contributed by atoms with Crippen molar-refractivity contribution in [2.75, 3.05) is 13.7 Å². The van der Waals surface area contributed by atoms with Crippen molar-refractivity contribution in [2.45, 2.75) is 13.5 Å². The Labute approximate surface area is 244 Å². The van der Waals surface area contributed by atoms with Crippen LogP contribution in [0.15, 0.2) is 93.2 Å². The number of hydrogen-bond acceptors (Lipinski definition) is 6. The fourth-order valence-corrected chi connectivity index (χ4v) is 5.98. The topological polar surface area (TPSA) is 88.4 Å². The van der Waals surface area contributed by atoms with Crippen molar-refractivity contribution in [2.24, 2.45) is 4.99 Å². The highest BCUT2D eigenvalue weighted by Crippen LogP contribution is 2.40. The molecule has 1 fully saturated rings. The van der Waals surface area contributed by atoms with Gasteiger partial charge in [0.1, 0.15) is 6.61 Å². The normalized spacial score (nSPS) is 15.3. The van der Waals surface area contributed by atoms with Crippen LogP contribution in [0.5, 0.6) is 11.5 Å². The molecule has 4 aromatic carbocycles. The number of hydrogen-bond donors (Lipinski definition) is 1. The summed E-state index contributed by atoms with van der Waals surface area (Å²) in [6.45, 7) is 2.69. The lowest BCUT2D eigenvalue weighted by Gasteiger charge is -2.15. The number of likely N-dealkylation sites (N-methyl/N-ethyl adjacent to an activating group) is 1. The molecule has 1 heterocycles. The maximum absolute atomic E-state index is 13.2. The average molecular weight is 618 g/mol. The van der Waals surface area contributed by atoms with Gasteiger partial charge in [0.15, 0.2) is 16.7 Å². The quantitative estimate of drug-likeness (QED) is 0.206. The second-order valence-electron chi connectivity index (χ2n) is 8.87. The molecule has 0 unspecified atom stereocenters. The molecular formula is C31H25BrN2O5S. The number of carboxylic acid groups (broad SMARTS) is 1. The maximum atomic E-state index is 13.2. The Kier molecular flexibility index (Phi) is 8.23. The standard InChI is InChI=1S/C31H25BrN2O5S/c1-3-34-29(35)27(40-31(34)33-23-13-11-21(12-14-23)30(36)37)17-19-15-25(32)28(26(16-19)38-2)39-18-22-9-6-8-20-7-4-5-10-24(20)22/h4-17H,3,18H2,1-2H3,(H,36,37). The Bertz CT molecular complexity index is 1660. The third-order valence-electron chi connectivity index (χ3n) is 6.34. The third-order valence-corrected chi connectivity index (χ3v) is 7.94. The first kappa shape index (κ1) is 27.5. The van der Waals surface area contributed by atoms with Gasteiger partial charge in [-0.05, 0) is 99.0 Å². The molecule has 0 spiro atoms. The summed E-state index contributed by atoms with van der Waals surface area (Å²) in [6.07, 6.45) is 1.80. The highest BCUT2D eigenvalue weighted by atomic mass is 79.9. The van der Waals surface area contributed by atoms with Crippen LogP contribution in [0.25, 0.3) is 16.8 Å². The SMILES string of the molecule is CCN1C(=O)C(=Cc2cc(Br)c(OCc3cccc4ccccc34)c(OC)c2)SC1=Nc1ccc(C(=O)O)cc1. The Balaban J connectivity index is 1.39. The average Bonchev–Trinajstić information content (AvgIpc) is 3.25. The molecule has 0 aromatic heterocycles. The van der Waals surface area contributed by atoms with Crippen LogP contribution in [0.1, 0.15) is 28.4 Å². The molecule has 0 bridgehead atoms. The van der Waals surface area contributed by atoms with Crippen molar-refractivity contribution in [1.29, 1.82) is 0 Å². The molecule has 7 nitrogen and oxygen atoms in total. The van der Waals surface area contributed by atoms with Gasteiger partial charge in [-0.25, -0.2) is 9.79 Å². The number of rotatable bonds is 8. The molecule has 40 heavy (non-hydrogen) atoms. The molecule has 1 amide bonds. The van der Waals surface area contributed by atoms with Crippen molar-refractivity contribution in [3.05, 3.63) is 105 Å². The summed E-state index contributed by atoms with van der Waals surface area (Å²) in [6, 6.07) is 24.3. The van der Waals surface area contributed by atoms with Crippen molar-refractivity contribution in [3.8, 4) is 11.5 Å². The molecule has 5 rings (SSSR count). The second-order valence-corrected chi connectivity index (χ2v) is 10.7. The number of ether oxygens (including phenoxy) is 2. The smallest absolute Gasteiger partial charge is 0.335 e. The van der Waals surface area contributed by atoms with Crippen molar-refractivity contribution < 1.29 is 24.2 Å². The first-order chi connectivity index (χ1) is 19.4. The van der Waals surface area contributed by atoms with Crippen LogP contribution in [0, 0.1) is 0 Å². The number of carbonyl (C=O) groups is 2. The zero-order valence-corrected chi connectivity index (χ0v) is 24.2. The molecule has 1 aliphatic rings. The van der Waals surface area contributed by atoms with E-state index in [1.807, 2.05) is 43.3 Å². The van der Waals surface area contributed by atoms with E-state index in [1.54, 1.807) is 30.2 Å². The summed E-state index contributed by atoms with van der Waals surface area (Å²) in [5, 5.41) is 11.9. The van der Waals surface area contributed by atoms with Gasteiger partial charge in [0.25, 0.3) is 5.91 Å². The minimum absolute atomic E-state index is 0.153. The largest absolute Gasteiger partial charge is 0.493 e. The number of amidine groups is 1. The summed E-state index contributed by atoms with van der Waals surface area (Å²) >= 11 is 4.89. The molecule has 4 aromatic rings. The zero-order chi connectivity index (χ0) is 28.2. The number of methoxy groups -OCH3 is 1. The van der Waals surface area contributed by atoms with Gasteiger partial charge < -0.3 is 14.6 Å². The molecule has 0 saturated carbocycles. The summed E-state index contributed by atoms with van der Waals surface area (Å²) < 4.78 is 12.6. The predicted octanol–water partition coefficient (Wildman–Crippen LogP) is 7.51. The zero-order valence-electron chi connectivity index (χ0n) is 21.8. The Hall–Kier alpha value is -4.08. The molecule has 1 aliphatic heterocycles. The van der Waals surface area contributed by atoms with Crippen LogP contribution in [0.3, 0.4) is 0 Å². The molecule has 0 radical (unpaired) electrons. The molecule has 0 aliphatic carbocycles. The molecule has 202 valence electrons. The number of nitrogens with zero attached hydrogens (tertiary/aromatic N) is 2. The number of aliphatic imine (C=N–C) groups is 1. The summed E-state index contributed by atoms with van der Waals surface area (Å²) in [5.41, 5.74) is 2.57. The molecule has 0 atom stereocenters. The van der Waals surface area contributed by atoms with E-state index in [2.05, 4.69) is 39.1 Å². The van der Waals surface area contributed by atoms with E-state index < -0.39 is 5.97 Å². The summed E-state index contributed by atoms with van der Waals surface area (Å²) in [7, 11) is 1.58. The van der Waals surface area contributed by atoms with Crippen LogP contribution in [-0.4, -0.2) is 40.7 Å². The molecule has 1 N–H and O–H groups in total. The van der Waals surface area contributed by atoms with Crippen LogP contribution < -0.4 is 9.47 Å². The van der Waals surface area contributed by atoms with Crippen LogP contribution >= 0.6 is 27.7 Å². The summed E-state index contributed by atoms with van der Waals surface area (Å²) in [4.78, 5) is 31.0. The Morgan fingerprint density at radius 2 is 1.82 bits per heavy atom. The fourth-order valence-electron chi connectivity index (χ4n) is 4.34. The highest BCUT2D eigenvalue weighted by Gasteiger charge is 2.32. The van der Waals surface area contributed by atoms with E-state index in [0.717, 1.165) is 21.9 Å². The van der Waals surface area contributed by atoms with Gasteiger partial charge in [-0.2, -0.15) is 0 Å². The first-order valence-corrected chi connectivity index (χ1v) is 14.1. The molecule has 1 saturated heterocycles. The fraction of sp³-hybridized carbons (Fsp3) is 0.129. The van der Waals surface area contributed by atoms with Crippen LogP contribution in [-0.2, 0) is 11.4 Å². The van der Waals surface area contributed by atoms with E-state index >= 15 is 0 Å². The number of carbonyl (C=O) groups excluding carboxylic acids is 1. The number of benzene rings is 4. The van der Waals surface area contributed by atoms with E-state index in [-0.39, 0.29) is 11.5 Å². The Morgan fingerprint density at radius 1 is 1.07 bits per heavy atom. The highest BCUT2D eigenvalue weighted by molar-refractivity contribution is 9.10. The summed E-state index contributed by atoms with van der Waals surface area (Å²) in [5.74, 6) is -0.0433.